The zero-order valence-electron chi connectivity index (χ0n) is 20.7. The average molecular weight is 455 g/mol. The van der Waals surface area contributed by atoms with Crippen molar-refractivity contribution < 1.29 is 9.53 Å². The number of fused-ring (bicyclic) bond motifs is 1. The lowest BCUT2D eigenvalue weighted by atomic mass is 9.94. The summed E-state index contributed by atoms with van der Waals surface area (Å²) in [5.41, 5.74) is 2.52. The van der Waals surface area contributed by atoms with E-state index < -0.39 is 0 Å². The SMILES string of the molecule is CC1(C)Cc2cccc(N3CCN(CCCCN4CCN(C5CCCCC5)C4=O)CC3)c2O1. The number of piperazine rings is 1. The molecule has 3 aliphatic heterocycles. The van der Waals surface area contributed by atoms with E-state index in [9.17, 15) is 4.79 Å². The van der Waals surface area contributed by atoms with E-state index in [0.29, 0.717) is 12.1 Å². The highest BCUT2D eigenvalue weighted by Gasteiger charge is 2.34. The van der Waals surface area contributed by atoms with Crippen LogP contribution in [0.4, 0.5) is 10.5 Å². The minimum absolute atomic E-state index is 0.0928. The van der Waals surface area contributed by atoms with Gasteiger partial charge in [0.25, 0.3) is 0 Å². The quantitative estimate of drug-likeness (QED) is 0.574. The number of hydrogen-bond acceptors (Lipinski definition) is 4. The van der Waals surface area contributed by atoms with Gasteiger partial charge in [-0.2, -0.15) is 0 Å². The number of hydrogen-bond donors (Lipinski definition) is 0. The number of ether oxygens (including phenoxy) is 1. The lowest BCUT2D eigenvalue weighted by Crippen LogP contribution is -2.46. The summed E-state index contributed by atoms with van der Waals surface area (Å²) in [7, 11) is 0. The number of rotatable bonds is 7. The standard InChI is InChI=1S/C27H42N4O2/c1-27(2)21-22-9-8-12-24(25(22)33-27)29-17-15-28(16-18-29)13-6-7-14-30-19-20-31(26(30)32)23-10-4-3-5-11-23/h8-9,12,23H,3-7,10-11,13-21H2,1-2H3. The van der Waals surface area contributed by atoms with Gasteiger partial charge in [-0.3, -0.25) is 4.90 Å². The minimum Gasteiger partial charge on any atom is -0.485 e. The molecule has 0 N–H and O–H groups in total. The van der Waals surface area contributed by atoms with E-state index >= 15 is 0 Å². The van der Waals surface area contributed by atoms with Gasteiger partial charge in [-0.05, 0) is 52.1 Å². The number of unbranched alkanes of at least 4 members (excludes halogenated alkanes) is 1. The Morgan fingerprint density at radius 3 is 2.48 bits per heavy atom. The molecule has 0 atom stereocenters. The number of benzene rings is 1. The number of carbonyl (C=O) groups is 1. The Hall–Kier alpha value is -1.95. The molecule has 6 nitrogen and oxygen atoms in total. The molecule has 3 fully saturated rings. The van der Waals surface area contributed by atoms with Gasteiger partial charge in [0.1, 0.15) is 11.4 Å². The molecule has 0 aromatic heterocycles. The van der Waals surface area contributed by atoms with Crippen molar-refractivity contribution in [3.63, 3.8) is 0 Å². The third-order valence-corrected chi connectivity index (χ3v) is 8.08. The minimum atomic E-state index is -0.0928. The maximum atomic E-state index is 12.8. The highest BCUT2D eigenvalue weighted by atomic mass is 16.5. The van der Waals surface area contributed by atoms with Crippen LogP contribution < -0.4 is 9.64 Å². The molecular weight excluding hydrogens is 412 g/mol. The summed E-state index contributed by atoms with van der Waals surface area (Å²) in [5.74, 6) is 1.11. The molecule has 0 unspecified atom stereocenters. The molecule has 3 heterocycles. The Morgan fingerprint density at radius 2 is 1.70 bits per heavy atom. The van der Waals surface area contributed by atoms with E-state index in [0.717, 1.165) is 70.9 Å². The molecule has 1 aliphatic carbocycles. The molecule has 0 bridgehead atoms. The van der Waals surface area contributed by atoms with Crippen LogP contribution in [0, 0.1) is 0 Å². The van der Waals surface area contributed by atoms with Crippen LogP contribution in [0.5, 0.6) is 5.75 Å². The summed E-state index contributed by atoms with van der Waals surface area (Å²) in [6.45, 7) is 12.6. The zero-order chi connectivity index (χ0) is 22.8. The van der Waals surface area contributed by atoms with Gasteiger partial charge in [0, 0.05) is 63.8 Å². The third kappa shape index (κ3) is 5.11. The summed E-state index contributed by atoms with van der Waals surface area (Å²) in [4.78, 5) is 22.2. The van der Waals surface area contributed by atoms with Gasteiger partial charge < -0.3 is 19.4 Å². The van der Waals surface area contributed by atoms with E-state index in [1.54, 1.807) is 0 Å². The molecule has 2 saturated heterocycles. The lowest BCUT2D eigenvalue weighted by molar-refractivity contribution is 0.138. The van der Waals surface area contributed by atoms with Crippen LogP contribution in [0.15, 0.2) is 18.2 Å². The van der Waals surface area contributed by atoms with Gasteiger partial charge in [0.05, 0.1) is 5.69 Å². The Labute approximate surface area is 199 Å². The first-order valence-corrected chi connectivity index (χ1v) is 13.3. The van der Waals surface area contributed by atoms with Crippen molar-refractivity contribution in [2.24, 2.45) is 0 Å². The maximum Gasteiger partial charge on any atom is 0.320 e. The maximum absolute atomic E-state index is 12.8. The van der Waals surface area contributed by atoms with Crippen molar-refractivity contribution in [1.82, 2.24) is 14.7 Å². The highest BCUT2D eigenvalue weighted by molar-refractivity contribution is 5.76. The molecular formula is C27H42N4O2. The Morgan fingerprint density at radius 1 is 0.939 bits per heavy atom. The molecule has 0 radical (unpaired) electrons. The van der Waals surface area contributed by atoms with E-state index in [1.807, 2.05) is 0 Å². The van der Waals surface area contributed by atoms with Gasteiger partial charge >= 0.3 is 6.03 Å². The number of carbonyl (C=O) groups excluding carboxylic acids is 1. The van der Waals surface area contributed by atoms with Crippen LogP contribution in [0.1, 0.15) is 64.4 Å². The van der Waals surface area contributed by atoms with Crippen LogP contribution in [-0.4, -0.2) is 84.7 Å². The summed E-state index contributed by atoms with van der Waals surface area (Å²) < 4.78 is 6.30. The van der Waals surface area contributed by atoms with Gasteiger partial charge in [0.2, 0.25) is 0 Å². The predicted octanol–water partition coefficient (Wildman–Crippen LogP) is 4.37. The van der Waals surface area contributed by atoms with Crippen LogP contribution in [0.3, 0.4) is 0 Å². The van der Waals surface area contributed by atoms with E-state index in [-0.39, 0.29) is 5.60 Å². The first kappa shape index (κ1) is 22.8. The summed E-state index contributed by atoms with van der Waals surface area (Å²) in [5, 5.41) is 0. The fourth-order valence-corrected chi connectivity index (χ4v) is 6.24. The molecule has 4 aliphatic rings. The van der Waals surface area contributed by atoms with Crippen molar-refractivity contribution in [2.75, 3.05) is 57.3 Å². The second kappa shape index (κ2) is 9.73. The van der Waals surface area contributed by atoms with E-state index in [2.05, 4.69) is 51.6 Å². The van der Waals surface area contributed by atoms with Gasteiger partial charge in [-0.15, -0.1) is 0 Å². The normalized spacial score (nSPS) is 23.8. The topological polar surface area (TPSA) is 39.3 Å². The molecule has 6 heteroatoms. The first-order chi connectivity index (χ1) is 16.0. The van der Waals surface area contributed by atoms with Crippen LogP contribution in [0.2, 0.25) is 0 Å². The molecule has 1 aromatic carbocycles. The number of urea groups is 1. The molecule has 1 saturated carbocycles. The molecule has 182 valence electrons. The fourth-order valence-electron chi connectivity index (χ4n) is 6.24. The van der Waals surface area contributed by atoms with Crippen molar-refractivity contribution >= 4 is 11.7 Å². The van der Waals surface area contributed by atoms with Crippen molar-refractivity contribution in [2.45, 2.75) is 76.9 Å². The number of amides is 2. The Bertz CT molecular complexity index is 827. The fraction of sp³-hybridized carbons (Fsp3) is 0.741. The number of para-hydroxylation sites is 1. The van der Waals surface area contributed by atoms with Crippen LogP contribution in [-0.2, 0) is 6.42 Å². The highest BCUT2D eigenvalue weighted by Crippen LogP contribution is 2.42. The first-order valence-electron chi connectivity index (χ1n) is 13.3. The van der Waals surface area contributed by atoms with E-state index in [1.165, 1.54) is 49.8 Å². The van der Waals surface area contributed by atoms with Crippen LogP contribution in [0.25, 0.3) is 0 Å². The monoisotopic (exact) mass is 454 g/mol. The predicted molar refractivity (Wildman–Crippen MR) is 133 cm³/mol. The zero-order valence-corrected chi connectivity index (χ0v) is 20.7. The smallest absolute Gasteiger partial charge is 0.320 e. The summed E-state index contributed by atoms with van der Waals surface area (Å²) >= 11 is 0. The molecule has 1 aromatic rings. The number of nitrogens with zero attached hydrogens (tertiary/aromatic N) is 4. The molecule has 0 spiro atoms. The largest absolute Gasteiger partial charge is 0.485 e. The molecule has 5 rings (SSSR count). The number of anilines is 1. The van der Waals surface area contributed by atoms with Gasteiger partial charge in [0.15, 0.2) is 0 Å². The van der Waals surface area contributed by atoms with Crippen molar-refractivity contribution in [3.8, 4) is 5.75 Å². The summed E-state index contributed by atoms with van der Waals surface area (Å²) in [6, 6.07) is 7.43. The van der Waals surface area contributed by atoms with Gasteiger partial charge in [-0.1, -0.05) is 31.4 Å². The lowest BCUT2D eigenvalue weighted by Gasteiger charge is -2.37. The average Bonchev–Trinajstić information content (AvgIpc) is 3.35. The van der Waals surface area contributed by atoms with Crippen molar-refractivity contribution in [1.29, 1.82) is 0 Å². The second-order valence-corrected chi connectivity index (χ2v) is 11.1. The van der Waals surface area contributed by atoms with Crippen LogP contribution >= 0.6 is 0 Å². The van der Waals surface area contributed by atoms with E-state index in [4.69, 9.17) is 4.74 Å². The Balaban J connectivity index is 1.03. The summed E-state index contributed by atoms with van der Waals surface area (Å²) in [6.07, 6.45) is 9.62. The molecule has 2 amide bonds. The van der Waals surface area contributed by atoms with Crippen molar-refractivity contribution in [3.05, 3.63) is 23.8 Å². The Kier molecular flexibility index (Phi) is 6.73. The van der Waals surface area contributed by atoms with Gasteiger partial charge in [-0.25, -0.2) is 4.79 Å². The second-order valence-electron chi connectivity index (χ2n) is 11.1. The third-order valence-electron chi connectivity index (χ3n) is 8.08. The molecule has 33 heavy (non-hydrogen) atoms.